The van der Waals surface area contributed by atoms with Gasteiger partial charge in [-0.05, 0) is 12.8 Å². The molecule has 0 aromatic heterocycles. The molecule has 1 rings (SSSR count). The minimum absolute atomic E-state index is 0.476. The van der Waals surface area contributed by atoms with Crippen molar-refractivity contribution in [2.45, 2.75) is 43.5 Å². The molecule has 0 radical (unpaired) electrons. The van der Waals surface area contributed by atoms with Crippen LogP contribution >= 0.6 is 0 Å². The Bertz CT molecular complexity index is 241. The van der Waals surface area contributed by atoms with E-state index in [2.05, 4.69) is 4.74 Å². The average Bonchev–Trinajstić information content (AvgIpc) is 2.31. The van der Waals surface area contributed by atoms with Gasteiger partial charge in [0, 0.05) is 14.2 Å². The van der Waals surface area contributed by atoms with E-state index in [-0.39, 0.29) is 0 Å². The van der Waals surface area contributed by atoms with Gasteiger partial charge >= 0.3 is 5.97 Å². The highest BCUT2D eigenvalue weighted by Crippen LogP contribution is 2.40. The third-order valence-electron chi connectivity index (χ3n) is 3.32. The van der Waals surface area contributed by atoms with Gasteiger partial charge < -0.3 is 19.3 Å². The van der Waals surface area contributed by atoms with Crippen molar-refractivity contribution in [3.8, 4) is 0 Å². The molecule has 0 spiro atoms. The molecule has 94 valence electrons. The van der Waals surface area contributed by atoms with Crippen LogP contribution in [0.1, 0.15) is 32.1 Å². The highest BCUT2D eigenvalue weighted by Gasteiger charge is 2.58. The Morgan fingerprint density at radius 3 is 2.00 bits per heavy atom. The Kier molecular flexibility index (Phi) is 4.29. The molecule has 1 aliphatic rings. The predicted octanol–water partition coefficient (Wildman–Crippen LogP) is 0.844. The van der Waals surface area contributed by atoms with E-state index in [4.69, 9.17) is 9.47 Å². The van der Waals surface area contributed by atoms with Crippen molar-refractivity contribution in [2.24, 2.45) is 0 Å². The van der Waals surface area contributed by atoms with Crippen molar-refractivity contribution in [1.29, 1.82) is 0 Å². The summed E-state index contributed by atoms with van der Waals surface area (Å²) in [7, 11) is 3.93. The van der Waals surface area contributed by atoms with Crippen LogP contribution in [0.25, 0.3) is 0 Å². The Morgan fingerprint density at radius 2 is 1.62 bits per heavy atom. The zero-order valence-electron chi connectivity index (χ0n) is 10.1. The summed E-state index contributed by atoms with van der Waals surface area (Å²) in [4.78, 5) is 11.8. The number of aliphatic hydroxyl groups is 1. The zero-order chi connectivity index (χ0) is 12.2. The number of carbonyl (C=O) groups excluding carboxylic acids is 1. The molecule has 0 aromatic carbocycles. The van der Waals surface area contributed by atoms with Crippen molar-refractivity contribution < 1.29 is 24.1 Å². The van der Waals surface area contributed by atoms with Crippen molar-refractivity contribution in [3.05, 3.63) is 0 Å². The summed E-state index contributed by atoms with van der Waals surface area (Å²) in [6, 6.07) is 0. The van der Waals surface area contributed by atoms with Gasteiger partial charge in [0.05, 0.1) is 7.11 Å². The highest BCUT2D eigenvalue weighted by atomic mass is 16.7. The van der Waals surface area contributed by atoms with Gasteiger partial charge in [0.15, 0.2) is 0 Å². The van der Waals surface area contributed by atoms with Crippen molar-refractivity contribution in [2.75, 3.05) is 21.3 Å². The standard InChI is InChI=1S/C11H20O5/c1-14-9(12)11(15-2,16-3)10(13)7-5-4-6-8-10/h13H,4-8H2,1-3H3. The molecule has 0 atom stereocenters. The van der Waals surface area contributed by atoms with Crippen LogP contribution in [0.2, 0.25) is 0 Å². The maximum Gasteiger partial charge on any atom is 0.369 e. The van der Waals surface area contributed by atoms with Gasteiger partial charge in [-0.2, -0.15) is 0 Å². The largest absolute Gasteiger partial charge is 0.465 e. The van der Waals surface area contributed by atoms with Crippen LogP contribution in [0.3, 0.4) is 0 Å². The molecule has 0 aromatic rings. The maximum atomic E-state index is 11.8. The quantitative estimate of drug-likeness (QED) is 0.575. The van der Waals surface area contributed by atoms with E-state index in [9.17, 15) is 9.90 Å². The smallest absolute Gasteiger partial charge is 0.369 e. The lowest BCUT2D eigenvalue weighted by Gasteiger charge is -2.44. The number of rotatable bonds is 4. The molecular weight excluding hydrogens is 212 g/mol. The molecule has 1 N–H and O–H groups in total. The summed E-state index contributed by atoms with van der Waals surface area (Å²) in [5.41, 5.74) is -1.30. The number of ether oxygens (including phenoxy) is 3. The molecule has 0 saturated heterocycles. The number of carbonyl (C=O) groups is 1. The second-order valence-electron chi connectivity index (χ2n) is 4.11. The van der Waals surface area contributed by atoms with E-state index < -0.39 is 17.4 Å². The van der Waals surface area contributed by atoms with Gasteiger partial charge in [-0.3, -0.25) is 0 Å². The van der Waals surface area contributed by atoms with Crippen LogP contribution in [-0.2, 0) is 19.0 Å². The molecule has 1 fully saturated rings. The molecule has 0 bridgehead atoms. The molecule has 16 heavy (non-hydrogen) atoms. The van der Waals surface area contributed by atoms with Crippen molar-refractivity contribution >= 4 is 5.97 Å². The van der Waals surface area contributed by atoms with E-state index in [0.29, 0.717) is 12.8 Å². The second-order valence-corrected chi connectivity index (χ2v) is 4.11. The van der Waals surface area contributed by atoms with Crippen LogP contribution in [0.15, 0.2) is 0 Å². The molecule has 5 heteroatoms. The van der Waals surface area contributed by atoms with Gasteiger partial charge in [0.25, 0.3) is 5.79 Å². The van der Waals surface area contributed by atoms with Crippen molar-refractivity contribution in [1.82, 2.24) is 0 Å². The van der Waals surface area contributed by atoms with E-state index >= 15 is 0 Å². The van der Waals surface area contributed by atoms with Crippen LogP contribution in [0.4, 0.5) is 0 Å². The third-order valence-corrected chi connectivity index (χ3v) is 3.32. The number of methoxy groups -OCH3 is 3. The maximum absolute atomic E-state index is 11.8. The summed E-state index contributed by atoms with van der Waals surface area (Å²) >= 11 is 0. The molecule has 0 aliphatic heterocycles. The van der Waals surface area contributed by atoms with Crippen LogP contribution < -0.4 is 0 Å². The minimum atomic E-state index is -1.71. The first-order valence-corrected chi connectivity index (χ1v) is 5.47. The topological polar surface area (TPSA) is 65.0 Å². The Hall–Kier alpha value is -0.650. The minimum Gasteiger partial charge on any atom is -0.465 e. The molecule has 1 aliphatic carbocycles. The predicted molar refractivity (Wildman–Crippen MR) is 56.8 cm³/mol. The summed E-state index contributed by atoms with van der Waals surface area (Å²) in [6.07, 6.45) is 3.70. The summed E-state index contributed by atoms with van der Waals surface area (Å²) in [5.74, 6) is -2.40. The molecule has 0 amide bonds. The first-order valence-electron chi connectivity index (χ1n) is 5.47. The lowest BCUT2D eigenvalue weighted by Crippen LogP contribution is -2.63. The fraction of sp³-hybridized carbons (Fsp3) is 0.909. The van der Waals surface area contributed by atoms with Gasteiger partial charge in [-0.15, -0.1) is 0 Å². The summed E-state index contributed by atoms with van der Waals surface area (Å²) < 4.78 is 14.9. The van der Waals surface area contributed by atoms with Gasteiger partial charge in [-0.1, -0.05) is 19.3 Å². The number of esters is 1. The van der Waals surface area contributed by atoms with E-state index in [1.165, 1.54) is 21.3 Å². The highest BCUT2D eigenvalue weighted by molar-refractivity contribution is 5.79. The summed E-state index contributed by atoms with van der Waals surface area (Å²) in [6.45, 7) is 0. The fourth-order valence-electron chi connectivity index (χ4n) is 2.42. The van der Waals surface area contributed by atoms with E-state index in [0.717, 1.165) is 19.3 Å². The van der Waals surface area contributed by atoms with Crippen LogP contribution in [0.5, 0.6) is 0 Å². The van der Waals surface area contributed by atoms with Gasteiger partial charge in [-0.25, -0.2) is 4.79 Å². The molecule has 5 nitrogen and oxygen atoms in total. The first kappa shape index (κ1) is 13.4. The average molecular weight is 232 g/mol. The zero-order valence-corrected chi connectivity index (χ0v) is 10.1. The third kappa shape index (κ3) is 1.95. The Balaban J connectivity index is 3.03. The molecule has 0 heterocycles. The van der Waals surface area contributed by atoms with E-state index in [1.807, 2.05) is 0 Å². The SMILES string of the molecule is COC(=O)C(OC)(OC)C1(O)CCCCC1. The molecule has 0 unspecified atom stereocenters. The monoisotopic (exact) mass is 232 g/mol. The number of hydrogen-bond acceptors (Lipinski definition) is 5. The van der Waals surface area contributed by atoms with Crippen LogP contribution in [0, 0.1) is 0 Å². The fourth-order valence-corrected chi connectivity index (χ4v) is 2.42. The summed E-state index contributed by atoms with van der Waals surface area (Å²) in [5, 5.41) is 10.5. The van der Waals surface area contributed by atoms with Crippen molar-refractivity contribution in [3.63, 3.8) is 0 Å². The normalized spacial score (nSPS) is 20.5. The molecule has 1 saturated carbocycles. The number of hydrogen-bond donors (Lipinski definition) is 1. The van der Waals surface area contributed by atoms with Crippen LogP contribution in [-0.4, -0.2) is 43.8 Å². The van der Waals surface area contributed by atoms with E-state index in [1.54, 1.807) is 0 Å². The lowest BCUT2D eigenvalue weighted by atomic mass is 9.78. The van der Waals surface area contributed by atoms with Gasteiger partial charge in [0.1, 0.15) is 5.60 Å². The molecular formula is C11H20O5. The first-order chi connectivity index (χ1) is 7.56. The Labute approximate surface area is 95.7 Å². The Morgan fingerprint density at radius 1 is 1.12 bits per heavy atom. The second kappa shape index (κ2) is 5.12. The lowest BCUT2D eigenvalue weighted by molar-refractivity contribution is -0.301. The van der Waals surface area contributed by atoms with Gasteiger partial charge in [0.2, 0.25) is 0 Å².